The smallest absolute Gasteiger partial charge is 0.288 e. The number of rotatable bonds is 5. The lowest BCUT2D eigenvalue weighted by Crippen LogP contribution is -3.17. The van der Waals surface area contributed by atoms with Crippen molar-refractivity contribution in [3.8, 4) is 0 Å². The minimum Gasteiger partial charge on any atom is -0.369 e. The molecule has 6 nitrogen and oxygen atoms in total. The summed E-state index contributed by atoms with van der Waals surface area (Å²) in [6, 6.07) is 9.58. The highest BCUT2D eigenvalue weighted by molar-refractivity contribution is 6.04. The number of primary amides is 1. The number of imide groups is 1. The topological polar surface area (TPSA) is 84.9 Å². The summed E-state index contributed by atoms with van der Waals surface area (Å²) in [5.41, 5.74) is 6.48. The number of hydrogen-bond acceptors (Lipinski definition) is 3. The number of amides is 3. The van der Waals surface area contributed by atoms with Gasteiger partial charge in [-0.25, -0.2) is 0 Å². The third-order valence-electron chi connectivity index (χ3n) is 5.23. The van der Waals surface area contributed by atoms with Crippen LogP contribution in [0.2, 0.25) is 0 Å². The number of likely N-dealkylation sites (tertiary alicyclic amines) is 2. The fraction of sp³-hybridized carbons (Fsp3) is 0.500. The zero-order valence-corrected chi connectivity index (χ0v) is 13.7. The molecule has 2 aliphatic rings. The Hall–Kier alpha value is -2.21. The molecule has 3 amide bonds. The highest BCUT2D eigenvalue weighted by Gasteiger charge is 2.45. The van der Waals surface area contributed by atoms with Crippen molar-refractivity contribution in [1.82, 2.24) is 4.90 Å². The molecule has 2 saturated heterocycles. The first kappa shape index (κ1) is 16.6. The molecule has 6 heteroatoms. The lowest BCUT2D eigenvalue weighted by Gasteiger charge is -2.30. The first-order valence-corrected chi connectivity index (χ1v) is 8.58. The summed E-state index contributed by atoms with van der Waals surface area (Å²) in [7, 11) is 0. The Balaban J connectivity index is 1.57. The third kappa shape index (κ3) is 3.48. The number of nitrogens with zero attached hydrogens (tertiary/aromatic N) is 1. The molecular weight excluding hydrogens is 306 g/mol. The van der Waals surface area contributed by atoms with E-state index in [9.17, 15) is 14.4 Å². The Kier molecular flexibility index (Phi) is 4.94. The van der Waals surface area contributed by atoms with Gasteiger partial charge in [-0.1, -0.05) is 30.3 Å². The van der Waals surface area contributed by atoms with Crippen molar-refractivity contribution in [3.05, 3.63) is 35.9 Å². The van der Waals surface area contributed by atoms with Gasteiger partial charge in [0.25, 0.3) is 5.91 Å². The standard InChI is InChI=1S/C18H23N3O3/c19-17(23)14-7-9-20(10-8-14)15-12-16(22)21(18(15)24)11-6-13-4-2-1-3-5-13/h1-5,14-15H,6-12H2,(H2,19,23)/p+1. The monoisotopic (exact) mass is 330 g/mol. The molecule has 2 heterocycles. The van der Waals surface area contributed by atoms with Crippen molar-refractivity contribution < 1.29 is 19.3 Å². The zero-order chi connectivity index (χ0) is 17.1. The Morgan fingerprint density at radius 3 is 2.46 bits per heavy atom. The summed E-state index contributed by atoms with van der Waals surface area (Å²) >= 11 is 0. The molecule has 2 fully saturated rings. The number of quaternary nitrogens is 1. The van der Waals surface area contributed by atoms with Gasteiger partial charge in [-0.3, -0.25) is 19.3 Å². The minimum atomic E-state index is -0.290. The maximum absolute atomic E-state index is 12.6. The van der Waals surface area contributed by atoms with Crippen LogP contribution in [0.5, 0.6) is 0 Å². The van der Waals surface area contributed by atoms with Crippen LogP contribution in [-0.4, -0.2) is 48.3 Å². The number of piperidine rings is 1. The summed E-state index contributed by atoms with van der Waals surface area (Å²) in [6.07, 6.45) is 2.37. The molecule has 3 N–H and O–H groups in total. The highest BCUT2D eigenvalue weighted by Crippen LogP contribution is 2.15. The Morgan fingerprint density at radius 2 is 1.83 bits per heavy atom. The molecule has 1 atom stereocenters. The van der Waals surface area contributed by atoms with E-state index in [0.29, 0.717) is 25.8 Å². The van der Waals surface area contributed by atoms with Crippen LogP contribution in [0.4, 0.5) is 0 Å². The number of carbonyl (C=O) groups excluding carboxylic acids is 3. The van der Waals surface area contributed by atoms with E-state index in [1.165, 1.54) is 4.90 Å². The lowest BCUT2D eigenvalue weighted by atomic mass is 9.95. The van der Waals surface area contributed by atoms with Gasteiger partial charge >= 0.3 is 0 Å². The van der Waals surface area contributed by atoms with Crippen LogP contribution in [0.1, 0.15) is 24.8 Å². The SMILES string of the molecule is NC(=O)C1CC[NH+](C2CC(=O)N(CCc3ccccc3)C2=O)CC1. The van der Waals surface area contributed by atoms with E-state index < -0.39 is 0 Å². The van der Waals surface area contributed by atoms with E-state index in [1.54, 1.807) is 0 Å². The van der Waals surface area contributed by atoms with Crippen LogP contribution in [0.3, 0.4) is 0 Å². The van der Waals surface area contributed by atoms with Gasteiger partial charge in [-0.15, -0.1) is 0 Å². The maximum atomic E-state index is 12.6. The molecule has 0 saturated carbocycles. The summed E-state index contributed by atoms with van der Waals surface area (Å²) in [4.78, 5) is 38.7. The van der Waals surface area contributed by atoms with E-state index in [4.69, 9.17) is 5.73 Å². The van der Waals surface area contributed by atoms with Gasteiger partial charge in [-0.05, 0) is 12.0 Å². The normalized spacial score (nSPS) is 27.5. The van der Waals surface area contributed by atoms with Crippen LogP contribution in [0, 0.1) is 5.92 Å². The second-order valence-electron chi connectivity index (χ2n) is 6.71. The van der Waals surface area contributed by atoms with E-state index in [2.05, 4.69) is 0 Å². The van der Waals surface area contributed by atoms with Gasteiger partial charge in [0.2, 0.25) is 11.8 Å². The molecule has 0 aliphatic carbocycles. The largest absolute Gasteiger partial charge is 0.369 e. The molecule has 0 spiro atoms. The number of nitrogens with two attached hydrogens (primary N) is 1. The Labute approximate surface area is 141 Å². The Bertz CT molecular complexity index is 624. The highest BCUT2D eigenvalue weighted by atomic mass is 16.2. The first-order chi connectivity index (χ1) is 11.6. The van der Waals surface area contributed by atoms with Gasteiger partial charge in [0, 0.05) is 25.3 Å². The first-order valence-electron chi connectivity index (χ1n) is 8.58. The third-order valence-corrected chi connectivity index (χ3v) is 5.23. The van der Waals surface area contributed by atoms with Crippen molar-refractivity contribution in [1.29, 1.82) is 0 Å². The number of nitrogens with one attached hydrogen (secondary N) is 1. The van der Waals surface area contributed by atoms with Crippen molar-refractivity contribution in [2.24, 2.45) is 11.7 Å². The number of carbonyl (C=O) groups is 3. The molecule has 0 aromatic heterocycles. The summed E-state index contributed by atoms with van der Waals surface area (Å²) < 4.78 is 0. The zero-order valence-electron chi connectivity index (χ0n) is 13.7. The molecule has 0 radical (unpaired) electrons. The molecule has 3 rings (SSSR count). The molecule has 1 aromatic carbocycles. The Morgan fingerprint density at radius 1 is 1.17 bits per heavy atom. The second-order valence-corrected chi connectivity index (χ2v) is 6.71. The van der Waals surface area contributed by atoms with Gasteiger partial charge in [0.05, 0.1) is 19.5 Å². The maximum Gasteiger partial charge on any atom is 0.288 e. The van der Waals surface area contributed by atoms with Crippen molar-refractivity contribution in [3.63, 3.8) is 0 Å². The van der Waals surface area contributed by atoms with Crippen LogP contribution < -0.4 is 10.6 Å². The van der Waals surface area contributed by atoms with E-state index >= 15 is 0 Å². The minimum absolute atomic E-state index is 0.0662. The average Bonchev–Trinajstić information content (AvgIpc) is 2.88. The van der Waals surface area contributed by atoms with E-state index in [1.807, 2.05) is 30.3 Å². The molecule has 0 bridgehead atoms. The van der Waals surface area contributed by atoms with Crippen LogP contribution in [-0.2, 0) is 20.8 Å². The second kappa shape index (κ2) is 7.13. The number of hydrogen-bond donors (Lipinski definition) is 2. The average molecular weight is 330 g/mol. The summed E-state index contributed by atoms with van der Waals surface area (Å²) in [5.74, 6) is -0.489. The quantitative estimate of drug-likeness (QED) is 0.689. The van der Waals surface area contributed by atoms with E-state index in [0.717, 1.165) is 23.6 Å². The van der Waals surface area contributed by atoms with Crippen LogP contribution in [0.15, 0.2) is 30.3 Å². The molecule has 1 aromatic rings. The fourth-order valence-electron chi connectivity index (χ4n) is 3.74. The predicted molar refractivity (Wildman–Crippen MR) is 87.9 cm³/mol. The van der Waals surface area contributed by atoms with Crippen molar-refractivity contribution in [2.45, 2.75) is 31.7 Å². The summed E-state index contributed by atoms with van der Waals surface area (Å²) in [6.45, 7) is 1.89. The molecule has 2 aliphatic heterocycles. The van der Waals surface area contributed by atoms with Gasteiger partial charge in [0.15, 0.2) is 6.04 Å². The van der Waals surface area contributed by atoms with Crippen LogP contribution >= 0.6 is 0 Å². The predicted octanol–water partition coefficient (Wildman–Crippen LogP) is -0.863. The molecule has 24 heavy (non-hydrogen) atoms. The molecular formula is C18H24N3O3+. The fourth-order valence-corrected chi connectivity index (χ4v) is 3.74. The van der Waals surface area contributed by atoms with Crippen molar-refractivity contribution in [2.75, 3.05) is 19.6 Å². The van der Waals surface area contributed by atoms with Crippen molar-refractivity contribution >= 4 is 17.7 Å². The van der Waals surface area contributed by atoms with Gasteiger partial charge < -0.3 is 10.6 Å². The number of benzene rings is 1. The van der Waals surface area contributed by atoms with Crippen LogP contribution in [0.25, 0.3) is 0 Å². The summed E-state index contributed by atoms with van der Waals surface area (Å²) in [5, 5.41) is 0. The molecule has 1 unspecified atom stereocenters. The lowest BCUT2D eigenvalue weighted by molar-refractivity contribution is -0.920. The van der Waals surface area contributed by atoms with E-state index in [-0.39, 0.29) is 36.1 Å². The van der Waals surface area contributed by atoms with Gasteiger partial charge in [-0.2, -0.15) is 0 Å². The van der Waals surface area contributed by atoms with Gasteiger partial charge in [0.1, 0.15) is 0 Å². The molecule has 128 valence electrons.